The van der Waals surface area contributed by atoms with E-state index in [2.05, 4.69) is 76.9 Å². The van der Waals surface area contributed by atoms with Crippen LogP contribution in [0.1, 0.15) is 53.2 Å². The molecule has 0 amide bonds. The van der Waals surface area contributed by atoms with Crippen molar-refractivity contribution >= 4 is 21.9 Å². The number of nitrogens with zero attached hydrogens (tertiary/aromatic N) is 5. The Morgan fingerprint density at radius 1 is 0.727 bits per heavy atom. The largest absolute Gasteiger partial charge is 0.456 e. The summed E-state index contributed by atoms with van der Waals surface area (Å²) < 4.78 is 8.28. The molecule has 3 heterocycles. The summed E-state index contributed by atoms with van der Waals surface area (Å²) in [4.78, 5) is 18.9. The molecule has 0 unspecified atom stereocenters. The van der Waals surface area contributed by atoms with E-state index in [-0.39, 0.29) is 10.8 Å². The fraction of sp³-hybridized carbons (Fsp3) is 0.333. The van der Waals surface area contributed by atoms with Gasteiger partial charge in [-0.25, -0.2) is 19.9 Å². The van der Waals surface area contributed by atoms with Gasteiger partial charge in [0.15, 0.2) is 5.82 Å². The van der Waals surface area contributed by atoms with E-state index in [9.17, 15) is 0 Å². The zero-order valence-corrected chi connectivity index (χ0v) is 20.3. The molecule has 0 bridgehead atoms. The van der Waals surface area contributed by atoms with Crippen molar-refractivity contribution in [2.24, 2.45) is 7.05 Å². The van der Waals surface area contributed by atoms with E-state index < -0.39 is 0 Å². The van der Waals surface area contributed by atoms with Crippen LogP contribution in [0.3, 0.4) is 0 Å². The van der Waals surface area contributed by atoms with E-state index in [1.54, 1.807) is 6.20 Å². The maximum Gasteiger partial charge on any atom is 0.163 e. The smallest absolute Gasteiger partial charge is 0.163 e. The molecule has 2 aromatic carbocycles. The SMILES string of the molecule is Cn1ccnc1-c1ccc2c(c1)oc1cc(-c3nc(C(C)(C)C)nc(C(C)(C)C)n3)ccc12. The highest BCUT2D eigenvalue weighted by Crippen LogP contribution is 2.34. The molecule has 0 aliphatic carbocycles. The summed E-state index contributed by atoms with van der Waals surface area (Å²) in [5.41, 5.74) is 3.24. The van der Waals surface area contributed by atoms with Gasteiger partial charge in [-0.05, 0) is 24.3 Å². The van der Waals surface area contributed by atoms with Crippen LogP contribution in [-0.2, 0) is 17.9 Å². The normalized spacial score (nSPS) is 12.7. The van der Waals surface area contributed by atoms with Gasteiger partial charge in [0.05, 0.1) is 0 Å². The van der Waals surface area contributed by atoms with Gasteiger partial charge in [0.1, 0.15) is 28.6 Å². The average Bonchev–Trinajstić information content (AvgIpc) is 3.34. The molecule has 0 atom stereocenters. The van der Waals surface area contributed by atoms with Crippen molar-refractivity contribution in [3.63, 3.8) is 0 Å². The standard InChI is InChI=1S/C27H29N5O/c1-26(2,3)24-29-22(30-25(31-24)27(4,5)6)16-8-10-18-19-11-9-17(23-28-12-13-32(23)7)15-21(19)33-20(18)14-16/h8-15H,1-7H3. The minimum absolute atomic E-state index is 0.178. The summed E-state index contributed by atoms with van der Waals surface area (Å²) in [6.45, 7) is 12.8. The monoisotopic (exact) mass is 439 g/mol. The Balaban J connectivity index is 1.65. The summed E-state index contributed by atoms with van der Waals surface area (Å²) >= 11 is 0. The molecule has 33 heavy (non-hydrogen) atoms. The zero-order valence-electron chi connectivity index (χ0n) is 20.3. The van der Waals surface area contributed by atoms with Crippen LogP contribution in [0, 0.1) is 0 Å². The Kier molecular flexibility index (Phi) is 4.67. The molecule has 6 heteroatoms. The molecule has 0 saturated carbocycles. The van der Waals surface area contributed by atoms with Gasteiger partial charge in [-0.1, -0.05) is 53.7 Å². The molecule has 0 fully saturated rings. The van der Waals surface area contributed by atoms with Gasteiger partial charge in [0.2, 0.25) is 0 Å². The first-order chi connectivity index (χ1) is 15.5. The van der Waals surface area contributed by atoms with Crippen molar-refractivity contribution in [1.29, 1.82) is 0 Å². The molecule has 0 spiro atoms. The van der Waals surface area contributed by atoms with E-state index in [0.29, 0.717) is 5.82 Å². The molecule has 5 rings (SSSR count). The molecule has 5 aromatic rings. The Morgan fingerprint density at radius 2 is 1.27 bits per heavy atom. The number of hydrogen-bond acceptors (Lipinski definition) is 5. The number of rotatable bonds is 2. The van der Waals surface area contributed by atoms with Crippen LogP contribution >= 0.6 is 0 Å². The number of aryl methyl sites for hydroxylation is 1. The molecule has 0 aliphatic rings. The van der Waals surface area contributed by atoms with Crippen LogP contribution in [0.5, 0.6) is 0 Å². The summed E-state index contributed by atoms with van der Waals surface area (Å²) in [7, 11) is 1.99. The van der Waals surface area contributed by atoms with E-state index in [1.807, 2.05) is 23.9 Å². The van der Waals surface area contributed by atoms with Gasteiger partial charge >= 0.3 is 0 Å². The maximum atomic E-state index is 6.28. The molecule has 0 radical (unpaired) electrons. The predicted octanol–water partition coefficient (Wildman–Crippen LogP) is 6.43. The number of furan rings is 1. The highest BCUT2D eigenvalue weighted by atomic mass is 16.3. The number of imidazole rings is 1. The first-order valence-electron chi connectivity index (χ1n) is 11.2. The van der Waals surface area contributed by atoms with E-state index >= 15 is 0 Å². The quantitative estimate of drug-likeness (QED) is 0.317. The second-order valence-corrected chi connectivity index (χ2v) is 10.7. The molecular formula is C27H29N5O. The van der Waals surface area contributed by atoms with E-state index in [4.69, 9.17) is 19.4 Å². The second kappa shape index (κ2) is 7.24. The highest BCUT2D eigenvalue weighted by molar-refractivity contribution is 6.06. The fourth-order valence-corrected chi connectivity index (χ4v) is 3.87. The second-order valence-electron chi connectivity index (χ2n) is 10.7. The van der Waals surface area contributed by atoms with Crippen LogP contribution < -0.4 is 0 Å². The highest BCUT2D eigenvalue weighted by Gasteiger charge is 2.25. The number of hydrogen-bond donors (Lipinski definition) is 0. The molecule has 6 nitrogen and oxygen atoms in total. The maximum absolute atomic E-state index is 6.28. The minimum atomic E-state index is -0.178. The van der Waals surface area contributed by atoms with Crippen molar-refractivity contribution in [3.05, 3.63) is 60.4 Å². The molecule has 3 aromatic heterocycles. The third-order valence-corrected chi connectivity index (χ3v) is 5.79. The lowest BCUT2D eigenvalue weighted by atomic mass is 9.93. The first-order valence-corrected chi connectivity index (χ1v) is 11.2. The summed E-state index contributed by atoms with van der Waals surface area (Å²) in [5.74, 6) is 3.17. The number of fused-ring (bicyclic) bond motifs is 3. The molecular weight excluding hydrogens is 410 g/mol. The summed E-state index contributed by atoms with van der Waals surface area (Å²) in [6, 6.07) is 12.4. The van der Waals surface area contributed by atoms with Crippen LogP contribution in [-0.4, -0.2) is 24.5 Å². The van der Waals surface area contributed by atoms with E-state index in [1.165, 1.54) is 0 Å². The Labute approximate surface area is 193 Å². The summed E-state index contributed by atoms with van der Waals surface area (Å²) in [6.07, 6.45) is 3.74. The molecule has 0 saturated heterocycles. The summed E-state index contributed by atoms with van der Waals surface area (Å²) in [5, 5.41) is 2.15. The fourth-order valence-electron chi connectivity index (χ4n) is 3.87. The van der Waals surface area contributed by atoms with Gasteiger partial charge in [0.25, 0.3) is 0 Å². The Hall–Kier alpha value is -3.54. The lowest BCUT2D eigenvalue weighted by molar-refractivity contribution is 0.497. The number of benzene rings is 2. The van der Waals surface area contributed by atoms with Crippen LogP contribution in [0.2, 0.25) is 0 Å². The van der Waals surface area contributed by atoms with Gasteiger partial charge in [-0.3, -0.25) is 0 Å². The lowest BCUT2D eigenvalue weighted by Crippen LogP contribution is -2.24. The number of aromatic nitrogens is 5. The third kappa shape index (κ3) is 3.80. The van der Waals surface area contributed by atoms with Crippen molar-refractivity contribution in [1.82, 2.24) is 24.5 Å². The van der Waals surface area contributed by atoms with Crippen molar-refractivity contribution < 1.29 is 4.42 Å². The lowest BCUT2D eigenvalue weighted by Gasteiger charge is -2.22. The van der Waals surface area contributed by atoms with Crippen molar-refractivity contribution in [2.75, 3.05) is 0 Å². The molecule has 0 N–H and O–H groups in total. The van der Waals surface area contributed by atoms with Gasteiger partial charge in [-0.2, -0.15) is 0 Å². The average molecular weight is 440 g/mol. The van der Waals surface area contributed by atoms with Crippen LogP contribution in [0.15, 0.2) is 53.2 Å². The van der Waals surface area contributed by atoms with Gasteiger partial charge in [-0.15, -0.1) is 0 Å². The van der Waals surface area contributed by atoms with Crippen molar-refractivity contribution in [3.8, 4) is 22.8 Å². The minimum Gasteiger partial charge on any atom is -0.456 e. The first kappa shape index (κ1) is 21.3. The van der Waals surface area contributed by atoms with Crippen LogP contribution in [0.4, 0.5) is 0 Å². The zero-order chi connectivity index (χ0) is 23.5. The predicted molar refractivity (Wildman–Crippen MR) is 132 cm³/mol. The molecule has 0 aliphatic heterocycles. The Bertz CT molecular complexity index is 1460. The van der Waals surface area contributed by atoms with Gasteiger partial charge in [0, 0.05) is 52.2 Å². The van der Waals surface area contributed by atoms with Gasteiger partial charge < -0.3 is 8.98 Å². The van der Waals surface area contributed by atoms with E-state index in [0.717, 1.165) is 50.5 Å². The van der Waals surface area contributed by atoms with Crippen molar-refractivity contribution in [2.45, 2.75) is 52.4 Å². The molecule has 168 valence electrons. The van der Waals surface area contributed by atoms with Crippen LogP contribution in [0.25, 0.3) is 44.7 Å². The Morgan fingerprint density at radius 3 is 1.79 bits per heavy atom. The third-order valence-electron chi connectivity index (χ3n) is 5.79. The topological polar surface area (TPSA) is 69.6 Å².